The van der Waals surface area contributed by atoms with E-state index in [4.69, 9.17) is 5.11 Å². The molecule has 0 spiro atoms. The van der Waals surface area contributed by atoms with Crippen LogP contribution in [-0.2, 0) is 4.79 Å². The topological polar surface area (TPSA) is 71.2 Å². The number of rotatable bonds is 4. The SMILES string of the molecule is CC(=O)C(N=Nc1ccc(OC(F)(F)F)cc1F)=C(C)O. The Morgan fingerprint density at radius 2 is 1.90 bits per heavy atom. The van der Waals surface area contributed by atoms with E-state index in [1.807, 2.05) is 0 Å². The van der Waals surface area contributed by atoms with Gasteiger partial charge < -0.3 is 9.84 Å². The number of alkyl halides is 3. The summed E-state index contributed by atoms with van der Waals surface area (Å²) >= 11 is 0. The Labute approximate surface area is 116 Å². The van der Waals surface area contributed by atoms with Crippen LogP contribution < -0.4 is 4.74 Å². The molecule has 5 nitrogen and oxygen atoms in total. The molecule has 0 saturated carbocycles. The Balaban J connectivity index is 3.01. The van der Waals surface area contributed by atoms with Gasteiger partial charge in [0.05, 0.1) is 0 Å². The van der Waals surface area contributed by atoms with Gasteiger partial charge >= 0.3 is 6.36 Å². The van der Waals surface area contributed by atoms with Gasteiger partial charge in [-0.2, -0.15) is 0 Å². The van der Waals surface area contributed by atoms with Gasteiger partial charge in [0.1, 0.15) is 17.2 Å². The Morgan fingerprint density at radius 1 is 1.29 bits per heavy atom. The highest BCUT2D eigenvalue weighted by Crippen LogP contribution is 2.28. The quantitative estimate of drug-likeness (QED) is 0.392. The van der Waals surface area contributed by atoms with Gasteiger partial charge in [0, 0.05) is 13.0 Å². The minimum Gasteiger partial charge on any atom is -0.510 e. The van der Waals surface area contributed by atoms with Crippen molar-refractivity contribution >= 4 is 11.5 Å². The standard InChI is InChI=1S/C12H10F4N2O3/c1-6(19)11(7(2)20)18-17-10-4-3-8(5-9(10)13)21-12(14,15)16/h3-5,19H,1-2H3. The number of allylic oxidation sites excluding steroid dienone is 2. The second kappa shape index (κ2) is 6.33. The zero-order chi connectivity index (χ0) is 16.2. The van der Waals surface area contributed by atoms with Crippen molar-refractivity contribution in [3.8, 4) is 5.75 Å². The molecule has 1 aromatic rings. The van der Waals surface area contributed by atoms with Crippen LogP contribution >= 0.6 is 0 Å². The lowest BCUT2D eigenvalue weighted by Crippen LogP contribution is -2.17. The maximum atomic E-state index is 13.5. The van der Waals surface area contributed by atoms with E-state index in [0.29, 0.717) is 6.07 Å². The summed E-state index contributed by atoms with van der Waals surface area (Å²) in [4.78, 5) is 11.1. The molecule has 0 aliphatic heterocycles. The number of aliphatic hydroxyl groups is 1. The number of carbonyl (C=O) groups is 1. The molecule has 0 aliphatic rings. The summed E-state index contributed by atoms with van der Waals surface area (Å²) in [7, 11) is 0. The van der Waals surface area contributed by atoms with Gasteiger partial charge in [-0.1, -0.05) is 0 Å². The molecule has 0 saturated heterocycles. The zero-order valence-electron chi connectivity index (χ0n) is 10.9. The van der Waals surface area contributed by atoms with Crippen LogP contribution in [0.2, 0.25) is 0 Å². The van der Waals surface area contributed by atoms with E-state index in [0.717, 1.165) is 19.1 Å². The van der Waals surface area contributed by atoms with Crippen LogP contribution in [0.5, 0.6) is 5.75 Å². The molecule has 0 bridgehead atoms. The molecule has 1 rings (SSSR count). The lowest BCUT2D eigenvalue weighted by molar-refractivity contribution is -0.274. The number of Topliss-reactive ketones (excluding diaryl/α,β-unsaturated/α-hetero) is 1. The third-order valence-electron chi connectivity index (χ3n) is 2.09. The van der Waals surface area contributed by atoms with E-state index in [1.165, 1.54) is 6.92 Å². The molecule has 0 amide bonds. The van der Waals surface area contributed by atoms with E-state index >= 15 is 0 Å². The third kappa shape index (κ3) is 5.21. The predicted octanol–water partition coefficient (Wildman–Crippen LogP) is 4.19. The van der Waals surface area contributed by atoms with Gasteiger partial charge in [-0.05, 0) is 19.1 Å². The van der Waals surface area contributed by atoms with Crippen molar-refractivity contribution in [2.45, 2.75) is 20.2 Å². The van der Waals surface area contributed by atoms with Gasteiger partial charge in [0.2, 0.25) is 0 Å². The summed E-state index contributed by atoms with van der Waals surface area (Å²) in [5.74, 6) is -2.89. The normalized spacial score (nSPS) is 13.2. The molecular formula is C12H10F4N2O3. The minimum atomic E-state index is -4.94. The van der Waals surface area contributed by atoms with Crippen molar-refractivity contribution in [3.05, 3.63) is 35.5 Å². The number of hydrogen-bond acceptors (Lipinski definition) is 5. The van der Waals surface area contributed by atoms with E-state index < -0.39 is 35.2 Å². The number of hydrogen-bond donors (Lipinski definition) is 1. The van der Waals surface area contributed by atoms with Crippen molar-refractivity contribution in [1.82, 2.24) is 0 Å². The molecule has 9 heteroatoms. The minimum absolute atomic E-state index is 0.384. The van der Waals surface area contributed by atoms with Gasteiger partial charge in [-0.3, -0.25) is 4.79 Å². The number of benzene rings is 1. The van der Waals surface area contributed by atoms with Gasteiger partial charge in [-0.25, -0.2) is 4.39 Å². The molecule has 114 valence electrons. The molecule has 0 aromatic heterocycles. The number of ketones is 1. The van der Waals surface area contributed by atoms with Crippen LogP contribution in [0, 0.1) is 5.82 Å². The van der Waals surface area contributed by atoms with Crippen LogP contribution in [-0.4, -0.2) is 17.3 Å². The van der Waals surface area contributed by atoms with Crippen LogP contribution in [0.3, 0.4) is 0 Å². The predicted molar refractivity (Wildman–Crippen MR) is 63.6 cm³/mol. The average molecular weight is 306 g/mol. The first-order valence-corrected chi connectivity index (χ1v) is 5.48. The van der Waals surface area contributed by atoms with E-state index in [1.54, 1.807) is 0 Å². The van der Waals surface area contributed by atoms with E-state index in [2.05, 4.69) is 15.0 Å². The van der Waals surface area contributed by atoms with Gasteiger partial charge in [-0.15, -0.1) is 23.4 Å². The summed E-state index contributed by atoms with van der Waals surface area (Å²) in [6.07, 6.45) is -4.94. The van der Waals surface area contributed by atoms with Crippen molar-refractivity contribution < 1.29 is 32.2 Å². The molecule has 0 atom stereocenters. The second-order valence-electron chi connectivity index (χ2n) is 3.85. The third-order valence-corrected chi connectivity index (χ3v) is 2.09. The van der Waals surface area contributed by atoms with Crippen LogP contribution in [0.25, 0.3) is 0 Å². The van der Waals surface area contributed by atoms with Crippen LogP contribution in [0.1, 0.15) is 13.8 Å². The zero-order valence-corrected chi connectivity index (χ0v) is 10.9. The Morgan fingerprint density at radius 3 is 2.33 bits per heavy atom. The highest BCUT2D eigenvalue weighted by Gasteiger charge is 2.31. The van der Waals surface area contributed by atoms with Crippen molar-refractivity contribution in [1.29, 1.82) is 0 Å². The van der Waals surface area contributed by atoms with Crippen LogP contribution in [0.15, 0.2) is 39.9 Å². The highest BCUT2D eigenvalue weighted by molar-refractivity contribution is 5.93. The second-order valence-corrected chi connectivity index (χ2v) is 3.85. The first-order chi connectivity index (χ1) is 9.60. The summed E-state index contributed by atoms with van der Waals surface area (Å²) in [5, 5.41) is 15.9. The maximum Gasteiger partial charge on any atom is 0.573 e. The number of carbonyl (C=O) groups excluding carboxylic acids is 1. The molecular weight excluding hydrogens is 296 g/mol. The largest absolute Gasteiger partial charge is 0.573 e. The molecule has 1 N–H and O–H groups in total. The van der Waals surface area contributed by atoms with Crippen molar-refractivity contribution in [2.75, 3.05) is 0 Å². The Bertz CT molecular complexity index is 605. The Hall–Kier alpha value is -2.45. The molecule has 0 heterocycles. The van der Waals surface area contributed by atoms with Crippen molar-refractivity contribution in [3.63, 3.8) is 0 Å². The highest BCUT2D eigenvalue weighted by atomic mass is 19.4. The molecule has 0 fully saturated rings. The van der Waals surface area contributed by atoms with Crippen LogP contribution in [0.4, 0.5) is 23.2 Å². The summed E-state index contributed by atoms with van der Waals surface area (Å²) in [6.45, 7) is 2.30. The molecule has 0 radical (unpaired) electrons. The van der Waals surface area contributed by atoms with Gasteiger partial charge in [0.15, 0.2) is 17.3 Å². The lowest BCUT2D eigenvalue weighted by atomic mass is 10.3. The fourth-order valence-corrected chi connectivity index (χ4v) is 1.27. The first-order valence-electron chi connectivity index (χ1n) is 5.48. The maximum absolute atomic E-state index is 13.5. The first kappa shape index (κ1) is 16.6. The number of ether oxygens (including phenoxy) is 1. The number of halogens is 4. The fraction of sp³-hybridized carbons (Fsp3) is 0.250. The fourth-order valence-electron chi connectivity index (χ4n) is 1.27. The summed E-state index contributed by atoms with van der Waals surface area (Å²) < 4.78 is 52.9. The summed E-state index contributed by atoms with van der Waals surface area (Å²) in [5.41, 5.74) is -0.797. The smallest absolute Gasteiger partial charge is 0.510 e. The Kier molecular flexibility index (Phi) is 5.01. The average Bonchev–Trinajstić information content (AvgIpc) is 2.28. The molecule has 21 heavy (non-hydrogen) atoms. The molecule has 0 unspecified atom stereocenters. The van der Waals surface area contributed by atoms with Gasteiger partial charge in [0.25, 0.3) is 0 Å². The number of azo groups is 1. The lowest BCUT2D eigenvalue weighted by Gasteiger charge is -2.08. The van der Waals surface area contributed by atoms with Crippen molar-refractivity contribution in [2.24, 2.45) is 10.2 Å². The number of nitrogens with zero attached hydrogens (tertiary/aromatic N) is 2. The molecule has 0 aliphatic carbocycles. The van der Waals surface area contributed by atoms with E-state index in [9.17, 15) is 22.4 Å². The monoisotopic (exact) mass is 306 g/mol. The number of aliphatic hydroxyl groups excluding tert-OH is 1. The molecule has 1 aromatic carbocycles. The van der Waals surface area contributed by atoms with E-state index in [-0.39, 0.29) is 5.70 Å². The summed E-state index contributed by atoms with van der Waals surface area (Å²) in [6, 6.07) is 2.21.